The van der Waals surface area contributed by atoms with Gasteiger partial charge >= 0.3 is 0 Å². The minimum Gasteiger partial charge on any atom is -0.378 e. The lowest BCUT2D eigenvalue weighted by molar-refractivity contribution is -0.137. The van der Waals surface area contributed by atoms with Crippen molar-refractivity contribution in [2.75, 3.05) is 26.3 Å². The van der Waals surface area contributed by atoms with E-state index in [1.165, 1.54) is 6.39 Å². The molecule has 7 nitrogen and oxygen atoms in total. The first-order valence-corrected chi connectivity index (χ1v) is 5.62. The topological polar surface area (TPSA) is 80.5 Å². The van der Waals surface area contributed by atoms with Gasteiger partial charge in [0.15, 0.2) is 5.82 Å². The van der Waals surface area contributed by atoms with Crippen LogP contribution in [-0.4, -0.2) is 53.3 Å². The largest absolute Gasteiger partial charge is 0.378 e. The fourth-order valence-corrected chi connectivity index (χ4v) is 1.66. The molecule has 1 aromatic rings. The van der Waals surface area contributed by atoms with Gasteiger partial charge in [0.25, 0.3) is 0 Å². The average Bonchev–Trinajstić information content (AvgIpc) is 2.89. The molecule has 2 heterocycles. The van der Waals surface area contributed by atoms with Gasteiger partial charge in [-0.05, 0) is 6.92 Å². The van der Waals surface area contributed by atoms with Gasteiger partial charge < -0.3 is 14.2 Å². The van der Waals surface area contributed by atoms with Crippen molar-refractivity contribution in [2.45, 2.75) is 19.5 Å². The molecule has 1 saturated heterocycles. The maximum absolute atomic E-state index is 12.0. The van der Waals surface area contributed by atoms with E-state index in [0.717, 1.165) is 0 Å². The standard InChI is InChI=1S/C10H16N4O3/c1-8(11-6-9-12-7-17-13-9)10(15)14-2-4-16-5-3-14/h7-8,11H,2-6H2,1H3. The van der Waals surface area contributed by atoms with Gasteiger partial charge in [-0.3, -0.25) is 10.1 Å². The lowest BCUT2D eigenvalue weighted by Gasteiger charge is -2.29. The van der Waals surface area contributed by atoms with Crippen molar-refractivity contribution < 1.29 is 14.1 Å². The predicted octanol–water partition coefficient (Wildman–Crippen LogP) is -0.593. The van der Waals surface area contributed by atoms with Crippen LogP contribution < -0.4 is 5.32 Å². The second-order valence-electron chi connectivity index (χ2n) is 3.89. The van der Waals surface area contributed by atoms with Crippen LogP contribution in [0.1, 0.15) is 12.7 Å². The first-order chi connectivity index (χ1) is 8.27. The molecule has 1 N–H and O–H groups in total. The van der Waals surface area contributed by atoms with E-state index in [4.69, 9.17) is 4.74 Å². The highest BCUT2D eigenvalue weighted by atomic mass is 16.5. The Balaban J connectivity index is 1.78. The molecule has 2 rings (SSSR count). The molecule has 1 aromatic heterocycles. The van der Waals surface area contributed by atoms with E-state index >= 15 is 0 Å². The summed E-state index contributed by atoms with van der Waals surface area (Å²) in [4.78, 5) is 17.7. The van der Waals surface area contributed by atoms with Gasteiger partial charge in [0, 0.05) is 13.1 Å². The van der Waals surface area contributed by atoms with E-state index in [1.807, 2.05) is 6.92 Å². The van der Waals surface area contributed by atoms with Gasteiger partial charge in [-0.1, -0.05) is 5.16 Å². The molecule has 0 radical (unpaired) electrons. The molecule has 0 spiro atoms. The van der Waals surface area contributed by atoms with Gasteiger partial charge in [-0.15, -0.1) is 0 Å². The summed E-state index contributed by atoms with van der Waals surface area (Å²) in [6, 6.07) is -0.258. The monoisotopic (exact) mass is 240 g/mol. The normalized spacial score (nSPS) is 18.1. The second-order valence-corrected chi connectivity index (χ2v) is 3.89. The summed E-state index contributed by atoms with van der Waals surface area (Å²) >= 11 is 0. The van der Waals surface area contributed by atoms with Gasteiger partial charge in [0.1, 0.15) is 0 Å². The number of carbonyl (C=O) groups excluding carboxylic acids is 1. The molecule has 1 amide bonds. The highest BCUT2D eigenvalue weighted by molar-refractivity contribution is 5.81. The van der Waals surface area contributed by atoms with Crippen LogP contribution in [0.15, 0.2) is 10.9 Å². The van der Waals surface area contributed by atoms with E-state index in [2.05, 4.69) is 20.0 Å². The number of hydrogen-bond donors (Lipinski definition) is 1. The van der Waals surface area contributed by atoms with E-state index in [-0.39, 0.29) is 11.9 Å². The van der Waals surface area contributed by atoms with E-state index in [1.54, 1.807) is 4.90 Å². The molecule has 0 aliphatic carbocycles. The van der Waals surface area contributed by atoms with E-state index in [9.17, 15) is 4.79 Å². The molecule has 1 aliphatic rings. The number of amides is 1. The predicted molar refractivity (Wildman–Crippen MR) is 58.0 cm³/mol. The maximum Gasteiger partial charge on any atom is 0.239 e. The quantitative estimate of drug-likeness (QED) is 0.757. The Morgan fingerprint density at radius 3 is 3.00 bits per heavy atom. The molecule has 1 unspecified atom stereocenters. The summed E-state index contributed by atoms with van der Waals surface area (Å²) in [5.41, 5.74) is 0. The molecule has 0 bridgehead atoms. The molecule has 1 fully saturated rings. The number of nitrogens with one attached hydrogen (secondary N) is 1. The highest BCUT2D eigenvalue weighted by Gasteiger charge is 2.22. The number of aromatic nitrogens is 2. The van der Waals surface area contributed by atoms with Crippen LogP contribution in [-0.2, 0) is 16.1 Å². The van der Waals surface area contributed by atoms with Crippen LogP contribution in [0, 0.1) is 0 Å². The molecular formula is C10H16N4O3. The van der Waals surface area contributed by atoms with Crippen molar-refractivity contribution in [3.05, 3.63) is 12.2 Å². The first-order valence-electron chi connectivity index (χ1n) is 5.62. The minimum absolute atomic E-state index is 0.0804. The zero-order valence-electron chi connectivity index (χ0n) is 9.76. The number of nitrogens with zero attached hydrogens (tertiary/aromatic N) is 3. The van der Waals surface area contributed by atoms with Crippen LogP contribution in [0.3, 0.4) is 0 Å². The van der Waals surface area contributed by atoms with Gasteiger partial charge in [-0.25, -0.2) is 0 Å². The van der Waals surface area contributed by atoms with E-state index < -0.39 is 0 Å². The Morgan fingerprint density at radius 1 is 1.59 bits per heavy atom. The Hall–Kier alpha value is -1.47. The molecular weight excluding hydrogens is 224 g/mol. The van der Waals surface area contributed by atoms with Crippen LogP contribution in [0.4, 0.5) is 0 Å². The fraction of sp³-hybridized carbons (Fsp3) is 0.700. The number of rotatable bonds is 4. The highest BCUT2D eigenvalue weighted by Crippen LogP contribution is 2.01. The first kappa shape index (κ1) is 12.0. The molecule has 0 aromatic carbocycles. The van der Waals surface area contributed by atoms with Gasteiger partial charge in [0.2, 0.25) is 12.3 Å². The molecule has 1 atom stereocenters. The lowest BCUT2D eigenvalue weighted by Crippen LogP contribution is -2.49. The van der Waals surface area contributed by atoms with Gasteiger partial charge in [-0.2, -0.15) is 4.98 Å². The van der Waals surface area contributed by atoms with Gasteiger partial charge in [0.05, 0.1) is 25.8 Å². The number of ether oxygens (including phenoxy) is 1. The Bertz CT molecular complexity index is 348. The summed E-state index contributed by atoms with van der Waals surface area (Å²) in [6.07, 6.45) is 1.27. The van der Waals surface area contributed by atoms with Crippen molar-refractivity contribution in [3.8, 4) is 0 Å². The van der Waals surface area contributed by atoms with Crippen molar-refractivity contribution >= 4 is 5.91 Å². The molecule has 0 saturated carbocycles. The zero-order chi connectivity index (χ0) is 12.1. The second kappa shape index (κ2) is 5.74. The Labute approximate surface area is 99.1 Å². The van der Waals surface area contributed by atoms with Crippen molar-refractivity contribution in [1.82, 2.24) is 20.4 Å². The third kappa shape index (κ3) is 3.24. The van der Waals surface area contributed by atoms with Crippen molar-refractivity contribution in [2.24, 2.45) is 0 Å². The van der Waals surface area contributed by atoms with Crippen LogP contribution in [0.25, 0.3) is 0 Å². The summed E-state index contributed by atoms with van der Waals surface area (Å²) in [7, 11) is 0. The maximum atomic E-state index is 12.0. The van der Waals surface area contributed by atoms with E-state index in [0.29, 0.717) is 38.7 Å². The minimum atomic E-state index is -0.258. The Morgan fingerprint density at radius 2 is 2.35 bits per heavy atom. The third-order valence-corrected chi connectivity index (χ3v) is 2.67. The van der Waals surface area contributed by atoms with Crippen molar-refractivity contribution in [3.63, 3.8) is 0 Å². The molecule has 94 valence electrons. The fourth-order valence-electron chi connectivity index (χ4n) is 1.66. The third-order valence-electron chi connectivity index (χ3n) is 2.67. The zero-order valence-corrected chi connectivity index (χ0v) is 9.76. The van der Waals surface area contributed by atoms with Crippen molar-refractivity contribution in [1.29, 1.82) is 0 Å². The van der Waals surface area contributed by atoms with Crippen LogP contribution in [0.2, 0.25) is 0 Å². The number of carbonyl (C=O) groups is 1. The summed E-state index contributed by atoms with van der Waals surface area (Å²) in [5, 5.41) is 6.73. The summed E-state index contributed by atoms with van der Waals surface area (Å²) in [5.74, 6) is 0.628. The van der Waals surface area contributed by atoms with Crippen LogP contribution in [0.5, 0.6) is 0 Å². The molecule has 7 heteroatoms. The smallest absolute Gasteiger partial charge is 0.239 e. The Kier molecular flexibility index (Phi) is 4.05. The molecule has 17 heavy (non-hydrogen) atoms. The summed E-state index contributed by atoms with van der Waals surface area (Å²) < 4.78 is 9.81. The SMILES string of the molecule is CC(NCc1ncon1)C(=O)N1CCOCC1. The van der Waals surface area contributed by atoms with Crippen LogP contribution >= 0.6 is 0 Å². The summed E-state index contributed by atoms with van der Waals surface area (Å²) in [6.45, 7) is 4.80. The average molecular weight is 240 g/mol. The number of morpholine rings is 1. The molecule has 1 aliphatic heterocycles. The number of hydrogen-bond acceptors (Lipinski definition) is 6. The lowest BCUT2D eigenvalue weighted by atomic mass is 10.2.